The van der Waals surface area contributed by atoms with Crippen LogP contribution in [-0.4, -0.2) is 22.0 Å². The van der Waals surface area contributed by atoms with Crippen molar-refractivity contribution in [2.45, 2.75) is 33.2 Å². The minimum absolute atomic E-state index is 0.143. The highest BCUT2D eigenvalue weighted by Crippen LogP contribution is 2.27. The zero-order chi connectivity index (χ0) is 18.7. The molecule has 0 atom stereocenters. The number of nitrogens with one attached hydrogen (secondary N) is 1. The van der Waals surface area contributed by atoms with Crippen LogP contribution in [0.1, 0.15) is 40.6 Å². The highest BCUT2D eigenvalue weighted by atomic mass is 35.5. The summed E-state index contributed by atoms with van der Waals surface area (Å²) in [5.41, 5.74) is 1.38. The number of unbranched alkanes of at least 4 members (excludes halogenated alkanes) is 1. The molecular weight excluding hydrogens is 370 g/mol. The fourth-order valence-electron chi connectivity index (χ4n) is 2.76. The van der Waals surface area contributed by atoms with Crippen LogP contribution < -0.4 is 10.9 Å². The molecule has 0 bridgehead atoms. The van der Waals surface area contributed by atoms with Gasteiger partial charge in [-0.05, 0) is 30.5 Å². The van der Waals surface area contributed by atoms with Crippen LogP contribution in [0.4, 0.5) is 0 Å². The molecule has 2 heterocycles. The molecule has 136 valence electrons. The minimum atomic E-state index is -0.156. The van der Waals surface area contributed by atoms with Crippen molar-refractivity contribution < 1.29 is 4.79 Å². The number of aromatic nitrogens is 2. The van der Waals surface area contributed by atoms with Crippen LogP contribution in [0.2, 0.25) is 5.02 Å². The number of carbonyl (C=O) groups excluding carboxylic acids is 1. The number of rotatable bonds is 6. The third-order valence-corrected chi connectivity index (χ3v) is 5.81. The molecule has 3 rings (SSSR count). The summed E-state index contributed by atoms with van der Waals surface area (Å²) in [7, 11) is 0. The van der Waals surface area contributed by atoms with Crippen LogP contribution in [0.25, 0.3) is 10.2 Å². The zero-order valence-corrected chi connectivity index (χ0v) is 16.3. The van der Waals surface area contributed by atoms with Gasteiger partial charge in [0.15, 0.2) is 0 Å². The first-order valence-electron chi connectivity index (χ1n) is 8.53. The van der Waals surface area contributed by atoms with Crippen LogP contribution in [0.3, 0.4) is 0 Å². The molecule has 0 unspecified atom stereocenters. The lowest BCUT2D eigenvalue weighted by Crippen LogP contribution is -2.24. The summed E-state index contributed by atoms with van der Waals surface area (Å²) in [5.74, 6) is -0.143. The second kappa shape index (κ2) is 8.01. The molecule has 0 fully saturated rings. The van der Waals surface area contributed by atoms with Crippen molar-refractivity contribution in [3.8, 4) is 0 Å². The maximum absolute atomic E-state index is 12.9. The average molecular weight is 390 g/mol. The van der Waals surface area contributed by atoms with E-state index in [2.05, 4.69) is 17.2 Å². The minimum Gasteiger partial charge on any atom is -0.351 e. The summed E-state index contributed by atoms with van der Waals surface area (Å²) in [4.78, 5) is 30.8. The molecule has 5 nitrogen and oxygen atoms in total. The molecule has 0 radical (unpaired) electrons. The summed E-state index contributed by atoms with van der Waals surface area (Å²) in [5, 5.41) is 4.01. The lowest BCUT2D eigenvalue weighted by molar-refractivity contribution is 0.0956. The fraction of sp³-hybridized carbons (Fsp3) is 0.316. The first-order chi connectivity index (χ1) is 12.5. The highest BCUT2D eigenvalue weighted by Gasteiger charge is 2.19. The first kappa shape index (κ1) is 18.6. The van der Waals surface area contributed by atoms with Gasteiger partial charge in [0.05, 0.1) is 23.1 Å². The number of benzene rings is 1. The third-order valence-electron chi connectivity index (χ3n) is 4.24. The lowest BCUT2D eigenvalue weighted by Gasteiger charge is -2.07. The van der Waals surface area contributed by atoms with Gasteiger partial charge in [-0.2, -0.15) is 0 Å². The van der Waals surface area contributed by atoms with Crippen LogP contribution in [0, 0.1) is 6.92 Å². The van der Waals surface area contributed by atoms with E-state index < -0.39 is 0 Å². The molecule has 0 aliphatic rings. The van der Waals surface area contributed by atoms with Crippen molar-refractivity contribution in [1.82, 2.24) is 14.9 Å². The Balaban J connectivity index is 1.96. The number of amides is 1. The molecule has 3 aromatic rings. The smallest absolute Gasteiger partial charge is 0.262 e. The molecule has 2 aromatic heterocycles. The number of fused-ring (bicyclic) bond motifs is 1. The summed E-state index contributed by atoms with van der Waals surface area (Å²) in [6.45, 7) is 4.85. The van der Waals surface area contributed by atoms with Gasteiger partial charge >= 0.3 is 0 Å². The van der Waals surface area contributed by atoms with Crippen molar-refractivity contribution in [2.75, 3.05) is 6.54 Å². The third kappa shape index (κ3) is 3.66. The standard InChI is InChI=1S/C19H20ClN3O2S/c1-3-4-9-21-17(24)16-12(2)15-18(26-16)22-11-23(19(15)25)10-13-7-5-6-8-14(13)20/h5-8,11H,3-4,9-10H2,1-2H3,(H,21,24). The van der Waals surface area contributed by atoms with E-state index in [1.165, 1.54) is 22.2 Å². The second-order valence-corrected chi connectivity index (χ2v) is 7.52. The molecule has 1 amide bonds. The van der Waals surface area contributed by atoms with Crippen molar-refractivity contribution in [3.05, 3.63) is 62.0 Å². The molecule has 0 aliphatic heterocycles. The topological polar surface area (TPSA) is 64.0 Å². The summed E-state index contributed by atoms with van der Waals surface area (Å²) in [6.07, 6.45) is 3.46. The van der Waals surface area contributed by atoms with Gasteiger partial charge < -0.3 is 5.32 Å². The van der Waals surface area contributed by atoms with Crippen LogP contribution >= 0.6 is 22.9 Å². The monoisotopic (exact) mass is 389 g/mol. The highest BCUT2D eigenvalue weighted by molar-refractivity contribution is 7.20. The second-order valence-electron chi connectivity index (χ2n) is 6.11. The Bertz CT molecular complexity index is 1010. The Morgan fingerprint density at radius 1 is 1.35 bits per heavy atom. The maximum Gasteiger partial charge on any atom is 0.262 e. The zero-order valence-electron chi connectivity index (χ0n) is 14.7. The summed E-state index contributed by atoms with van der Waals surface area (Å²) < 4.78 is 1.53. The predicted molar refractivity (Wildman–Crippen MR) is 106 cm³/mol. The Hall–Kier alpha value is -2.18. The van der Waals surface area contributed by atoms with Crippen molar-refractivity contribution >= 4 is 39.1 Å². The number of hydrogen-bond donors (Lipinski definition) is 1. The van der Waals surface area contributed by atoms with Gasteiger partial charge in [0.25, 0.3) is 11.5 Å². The normalized spacial score (nSPS) is 11.0. The number of carbonyl (C=O) groups is 1. The molecule has 0 saturated carbocycles. The fourth-order valence-corrected chi connectivity index (χ4v) is 4.01. The van der Waals surface area contributed by atoms with E-state index in [4.69, 9.17) is 11.6 Å². The van der Waals surface area contributed by atoms with Crippen molar-refractivity contribution in [2.24, 2.45) is 0 Å². The Kier molecular flexibility index (Phi) is 5.74. The van der Waals surface area contributed by atoms with Gasteiger partial charge in [-0.25, -0.2) is 4.98 Å². The Labute approximate surface area is 160 Å². The largest absolute Gasteiger partial charge is 0.351 e. The summed E-state index contributed by atoms with van der Waals surface area (Å²) >= 11 is 7.46. The lowest BCUT2D eigenvalue weighted by atomic mass is 10.2. The molecule has 7 heteroatoms. The van der Waals surface area contributed by atoms with Crippen LogP contribution in [-0.2, 0) is 6.54 Å². The molecule has 0 saturated heterocycles. The number of halogens is 1. The average Bonchev–Trinajstić information content (AvgIpc) is 2.97. The SMILES string of the molecule is CCCCNC(=O)c1sc2ncn(Cc3ccccc3Cl)c(=O)c2c1C. The van der Waals surface area contributed by atoms with E-state index in [1.807, 2.05) is 18.2 Å². The Morgan fingerprint density at radius 3 is 2.85 bits per heavy atom. The van der Waals surface area contributed by atoms with E-state index in [1.54, 1.807) is 13.0 Å². The van der Waals surface area contributed by atoms with Crippen LogP contribution in [0.15, 0.2) is 35.4 Å². The summed E-state index contributed by atoms with van der Waals surface area (Å²) in [6, 6.07) is 7.41. The number of hydrogen-bond acceptors (Lipinski definition) is 4. The van der Waals surface area contributed by atoms with Crippen molar-refractivity contribution in [3.63, 3.8) is 0 Å². The molecule has 0 aliphatic carbocycles. The molecule has 1 N–H and O–H groups in total. The van der Waals surface area contributed by atoms with Gasteiger partial charge in [0.1, 0.15) is 4.83 Å². The Morgan fingerprint density at radius 2 is 2.12 bits per heavy atom. The first-order valence-corrected chi connectivity index (χ1v) is 9.72. The van der Waals surface area contributed by atoms with Gasteiger partial charge in [-0.15, -0.1) is 11.3 Å². The van der Waals surface area contributed by atoms with Crippen LogP contribution in [0.5, 0.6) is 0 Å². The van der Waals surface area contributed by atoms with E-state index >= 15 is 0 Å². The molecule has 0 spiro atoms. The maximum atomic E-state index is 12.9. The molecule has 26 heavy (non-hydrogen) atoms. The van der Waals surface area contributed by atoms with Gasteiger partial charge in [0.2, 0.25) is 0 Å². The van der Waals surface area contributed by atoms with E-state index in [0.29, 0.717) is 38.8 Å². The quantitative estimate of drug-likeness (QED) is 0.648. The number of thiophene rings is 1. The van der Waals surface area contributed by atoms with Gasteiger partial charge in [-0.3, -0.25) is 14.2 Å². The van der Waals surface area contributed by atoms with E-state index in [-0.39, 0.29) is 11.5 Å². The predicted octanol–water partition coefficient (Wildman–Crippen LogP) is 4.00. The molecular formula is C19H20ClN3O2S. The van der Waals surface area contributed by atoms with E-state index in [9.17, 15) is 9.59 Å². The van der Waals surface area contributed by atoms with Gasteiger partial charge in [0, 0.05) is 11.6 Å². The van der Waals surface area contributed by atoms with E-state index in [0.717, 1.165) is 18.4 Å². The molecule has 1 aromatic carbocycles. The van der Waals surface area contributed by atoms with Crippen molar-refractivity contribution in [1.29, 1.82) is 0 Å². The number of nitrogens with zero attached hydrogens (tertiary/aromatic N) is 2. The van der Waals surface area contributed by atoms with Gasteiger partial charge in [-0.1, -0.05) is 43.1 Å². The number of aryl methyl sites for hydroxylation is 1.